The van der Waals surface area contributed by atoms with Crippen LogP contribution in [0.4, 0.5) is 5.69 Å². The monoisotopic (exact) mass is 321 g/mol. The van der Waals surface area contributed by atoms with Crippen LogP contribution in [0.2, 0.25) is 0 Å². The summed E-state index contributed by atoms with van der Waals surface area (Å²) in [6.45, 7) is 6.39. The van der Waals surface area contributed by atoms with Crippen molar-refractivity contribution in [2.45, 2.75) is 19.8 Å². The highest BCUT2D eigenvalue weighted by molar-refractivity contribution is 9.10. The lowest BCUT2D eigenvalue weighted by Crippen LogP contribution is -2.36. The molecule has 1 aromatic rings. The zero-order valence-electron chi connectivity index (χ0n) is 11.3. The first kappa shape index (κ1) is 14.4. The highest BCUT2D eigenvalue weighted by atomic mass is 79.9. The van der Waals surface area contributed by atoms with Crippen LogP contribution < -0.4 is 10.2 Å². The van der Waals surface area contributed by atoms with Gasteiger partial charge < -0.3 is 10.2 Å². The number of piperidine rings is 1. The molecule has 1 heterocycles. The molecular weight excluding hydrogens is 302 g/mol. The van der Waals surface area contributed by atoms with Gasteiger partial charge in [0.1, 0.15) is 6.07 Å². The number of halogens is 1. The van der Waals surface area contributed by atoms with Crippen LogP contribution in [-0.2, 0) is 0 Å². The molecule has 1 aliphatic heterocycles. The Labute approximate surface area is 123 Å². The molecule has 0 radical (unpaired) electrons. The maximum Gasteiger partial charge on any atom is 0.101 e. The quantitative estimate of drug-likeness (QED) is 0.925. The number of nitriles is 1. The average Bonchev–Trinajstić information content (AvgIpc) is 2.46. The maximum atomic E-state index is 9.29. The normalized spacial score (nSPS) is 16.1. The molecule has 0 aliphatic carbocycles. The van der Waals surface area contributed by atoms with Gasteiger partial charge in [0.15, 0.2) is 0 Å². The van der Waals surface area contributed by atoms with Crippen LogP contribution in [0.1, 0.15) is 25.3 Å². The zero-order valence-corrected chi connectivity index (χ0v) is 12.9. The molecule has 0 unspecified atom stereocenters. The fourth-order valence-corrected chi connectivity index (χ4v) is 3.01. The summed E-state index contributed by atoms with van der Waals surface area (Å²) in [7, 11) is 0. The van der Waals surface area contributed by atoms with E-state index in [9.17, 15) is 5.26 Å². The Morgan fingerprint density at radius 1 is 1.42 bits per heavy atom. The lowest BCUT2D eigenvalue weighted by atomic mass is 9.97. The standard InChI is InChI=1S/C15H20BrN3/c1-2-19(11-12-5-7-18-8-6-12)15-4-3-14(16)9-13(15)10-17/h3-4,9,12,18H,2,5-8,11H2,1H3. The van der Waals surface area contributed by atoms with E-state index in [2.05, 4.69) is 39.1 Å². The number of nitrogens with zero attached hydrogens (tertiary/aromatic N) is 2. The van der Waals surface area contributed by atoms with Crippen LogP contribution in [0, 0.1) is 17.2 Å². The van der Waals surface area contributed by atoms with E-state index < -0.39 is 0 Å². The molecule has 0 bridgehead atoms. The van der Waals surface area contributed by atoms with Gasteiger partial charge in [0, 0.05) is 17.6 Å². The minimum absolute atomic E-state index is 0.733. The molecule has 19 heavy (non-hydrogen) atoms. The summed E-state index contributed by atoms with van der Waals surface area (Å²) in [5.74, 6) is 0.733. The molecule has 3 nitrogen and oxygen atoms in total. The van der Waals surface area contributed by atoms with Crippen LogP contribution in [0.25, 0.3) is 0 Å². The van der Waals surface area contributed by atoms with Crippen LogP contribution in [-0.4, -0.2) is 26.2 Å². The predicted molar refractivity (Wildman–Crippen MR) is 82.3 cm³/mol. The van der Waals surface area contributed by atoms with Crippen molar-refractivity contribution in [1.29, 1.82) is 5.26 Å². The molecule has 0 spiro atoms. The second kappa shape index (κ2) is 6.93. The van der Waals surface area contributed by atoms with Gasteiger partial charge >= 0.3 is 0 Å². The molecule has 1 saturated heterocycles. The number of nitrogens with one attached hydrogen (secondary N) is 1. The highest BCUT2D eigenvalue weighted by Crippen LogP contribution is 2.26. The van der Waals surface area contributed by atoms with E-state index in [-0.39, 0.29) is 0 Å². The van der Waals surface area contributed by atoms with E-state index in [0.717, 1.165) is 47.8 Å². The van der Waals surface area contributed by atoms with Gasteiger partial charge in [-0.1, -0.05) is 15.9 Å². The third-order valence-corrected chi connectivity index (χ3v) is 4.23. The van der Waals surface area contributed by atoms with Crippen LogP contribution in [0.15, 0.2) is 22.7 Å². The van der Waals surface area contributed by atoms with Gasteiger partial charge in [-0.3, -0.25) is 0 Å². The van der Waals surface area contributed by atoms with Crippen molar-refractivity contribution >= 4 is 21.6 Å². The van der Waals surface area contributed by atoms with Crippen LogP contribution in [0.5, 0.6) is 0 Å². The lowest BCUT2D eigenvalue weighted by molar-refractivity contribution is 0.374. The molecule has 102 valence electrons. The summed E-state index contributed by atoms with van der Waals surface area (Å²) in [5.41, 5.74) is 1.82. The van der Waals surface area contributed by atoms with Crippen molar-refractivity contribution in [2.24, 2.45) is 5.92 Å². The molecule has 0 amide bonds. The fraction of sp³-hybridized carbons (Fsp3) is 0.533. The van der Waals surface area contributed by atoms with Gasteiger partial charge in [0.25, 0.3) is 0 Å². The van der Waals surface area contributed by atoms with Crippen molar-refractivity contribution in [2.75, 3.05) is 31.1 Å². The molecular formula is C15H20BrN3. The van der Waals surface area contributed by atoms with Crippen LogP contribution >= 0.6 is 15.9 Å². The van der Waals surface area contributed by atoms with Gasteiger partial charge in [0.05, 0.1) is 11.3 Å². The number of hydrogen-bond donors (Lipinski definition) is 1. The second-order valence-electron chi connectivity index (χ2n) is 5.01. The second-order valence-corrected chi connectivity index (χ2v) is 5.92. The number of benzene rings is 1. The smallest absolute Gasteiger partial charge is 0.101 e. The van der Waals surface area contributed by atoms with Crippen molar-refractivity contribution < 1.29 is 0 Å². The lowest BCUT2D eigenvalue weighted by Gasteiger charge is -2.31. The topological polar surface area (TPSA) is 39.1 Å². The summed E-state index contributed by atoms with van der Waals surface area (Å²) in [5, 5.41) is 12.7. The first-order valence-electron chi connectivity index (χ1n) is 6.90. The molecule has 0 atom stereocenters. The van der Waals surface area contributed by atoms with E-state index in [1.165, 1.54) is 12.8 Å². The molecule has 1 fully saturated rings. The first-order valence-corrected chi connectivity index (χ1v) is 7.69. The van der Waals surface area contributed by atoms with Crippen molar-refractivity contribution in [3.05, 3.63) is 28.2 Å². The van der Waals surface area contributed by atoms with E-state index >= 15 is 0 Å². The Kier molecular flexibility index (Phi) is 5.24. The van der Waals surface area contributed by atoms with Crippen LogP contribution in [0.3, 0.4) is 0 Å². The van der Waals surface area contributed by atoms with Gasteiger partial charge in [-0.15, -0.1) is 0 Å². The first-order chi connectivity index (χ1) is 9.24. The zero-order chi connectivity index (χ0) is 13.7. The third-order valence-electron chi connectivity index (χ3n) is 3.74. The molecule has 1 aliphatic rings. The van der Waals surface area contributed by atoms with E-state index in [1.54, 1.807) is 0 Å². The molecule has 0 aromatic heterocycles. The Morgan fingerprint density at radius 2 is 2.16 bits per heavy atom. The minimum atomic E-state index is 0.733. The summed E-state index contributed by atoms with van der Waals surface area (Å²) in [6, 6.07) is 8.27. The minimum Gasteiger partial charge on any atom is -0.370 e. The molecule has 1 aromatic carbocycles. The summed E-state index contributed by atoms with van der Waals surface area (Å²) < 4.78 is 0.964. The molecule has 4 heteroatoms. The van der Waals surface area contributed by atoms with Gasteiger partial charge in [-0.25, -0.2) is 0 Å². The van der Waals surface area contributed by atoms with Gasteiger partial charge in [-0.2, -0.15) is 5.26 Å². The van der Waals surface area contributed by atoms with Gasteiger partial charge in [0.2, 0.25) is 0 Å². The summed E-state index contributed by atoms with van der Waals surface area (Å²) in [6.07, 6.45) is 2.46. The van der Waals surface area contributed by atoms with Crippen molar-refractivity contribution in [3.8, 4) is 6.07 Å². The Bertz CT molecular complexity index is 461. The Balaban J connectivity index is 2.14. The molecule has 2 rings (SSSR count). The molecule has 1 N–H and O–H groups in total. The maximum absolute atomic E-state index is 9.29. The third kappa shape index (κ3) is 3.71. The number of anilines is 1. The SMILES string of the molecule is CCN(CC1CCNCC1)c1ccc(Br)cc1C#N. The van der Waals surface area contributed by atoms with E-state index in [0.29, 0.717) is 0 Å². The van der Waals surface area contributed by atoms with Crippen molar-refractivity contribution in [3.63, 3.8) is 0 Å². The number of rotatable bonds is 4. The van der Waals surface area contributed by atoms with E-state index in [1.807, 2.05) is 18.2 Å². The Morgan fingerprint density at radius 3 is 2.79 bits per heavy atom. The van der Waals surface area contributed by atoms with E-state index in [4.69, 9.17) is 0 Å². The summed E-state index contributed by atoms with van der Waals surface area (Å²) >= 11 is 3.43. The average molecular weight is 322 g/mol. The number of hydrogen-bond acceptors (Lipinski definition) is 3. The fourth-order valence-electron chi connectivity index (χ4n) is 2.65. The Hall–Kier alpha value is -1.05. The highest BCUT2D eigenvalue weighted by Gasteiger charge is 2.18. The van der Waals surface area contributed by atoms with Crippen molar-refractivity contribution in [1.82, 2.24) is 5.32 Å². The largest absolute Gasteiger partial charge is 0.370 e. The summed E-state index contributed by atoms with van der Waals surface area (Å²) in [4.78, 5) is 2.33. The molecule has 0 saturated carbocycles. The van der Waals surface area contributed by atoms with Gasteiger partial charge in [-0.05, 0) is 57.0 Å². The predicted octanol–water partition coefficient (Wildman–Crippen LogP) is 3.15.